The molecule has 2 aliphatic rings. The van der Waals surface area contributed by atoms with Crippen LogP contribution in [0.1, 0.15) is 51.0 Å². The Kier molecular flexibility index (Phi) is 4.88. The molecule has 4 nitrogen and oxygen atoms in total. The molecule has 1 N–H and O–H groups in total. The van der Waals surface area contributed by atoms with Gasteiger partial charge < -0.3 is 10.2 Å². The maximum absolute atomic E-state index is 13.7. The van der Waals surface area contributed by atoms with Crippen LogP contribution in [0.25, 0.3) is 0 Å². The number of likely N-dealkylation sites (tertiary alicyclic amines) is 1. The highest BCUT2D eigenvalue weighted by atomic mass is 19.1. The van der Waals surface area contributed by atoms with E-state index in [-0.39, 0.29) is 30.2 Å². The topological polar surface area (TPSA) is 49.4 Å². The van der Waals surface area contributed by atoms with Gasteiger partial charge in [0.25, 0.3) is 0 Å². The van der Waals surface area contributed by atoms with E-state index in [0.29, 0.717) is 18.4 Å². The largest absolute Gasteiger partial charge is 0.351 e. The number of benzene rings is 1. The van der Waals surface area contributed by atoms with Gasteiger partial charge in [-0.2, -0.15) is 0 Å². The van der Waals surface area contributed by atoms with Crippen molar-refractivity contribution in [3.63, 3.8) is 0 Å². The predicted molar refractivity (Wildman–Crippen MR) is 89.6 cm³/mol. The minimum atomic E-state index is -0.907. The van der Waals surface area contributed by atoms with Crippen molar-refractivity contribution in [2.24, 2.45) is 5.41 Å². The summed E-state index contributed by atoms with van der Waals surface area (Å²) in [5, 5.41) is 2.77. The van der Waals surface area contributed by atoms with Crippen molar-refractivity contribution >= 4 is 11.8 Å². The second-order valence-electron chi connectivity index (χ2n) is 6.91. The quantitative estimate of drug-likeness (QED) is 0.843. The summed E-state index contributed by atoms with van der Waals surface area (Å²) in [6.45, 7) is 2.96. The van der Waals surface area contributed by atoms with E-state index in [9.17, 15) is 14.0 Å². The van der Waals surface area contributed by atoms with Crippen LogP contribution in [0.5, 0.6) is 0 Å². The van der Waals surface area contributed by atoms with Crippen LogP contribution in [0, 0.1) is 11.2 Å². The van der Waals surface area contributed by atoms with Crippen molar-refractivity contribution in [3.8, 4) is 0 Å². The molecule has 1 aliphatic heterocycles. The minimum Gasteiger partial charge on any atom is -0.351 e. The van der Waals surface area contributed by atoms with E-state index < -0.39 is 5.41 Å². The number of nitrogens with one attached hydrogen (secondary N) is 1. The van der Waals surface area contributed by atoms with Crippen LogP contribution in [-0.2, 0) is 16.1 Å². The highest BCUT2D eigenvalue weighted by molar-refractivity contribution is 6.08. The summed E-state index contributed by atoms with van der Waals surface area (Å²) in [4.78, 5) is 27.5. The first-order valence-corrected chi connectivity index (χ1v) is 8.91. The summed E-state index contributed by atoms with van der Waals surface area (Å²) < 4.78 is 13.7. The Morgan fingerprint density at radius 1 is 1.29 bits per heavy atom. The average molecular weight is 332 g/mol. The number of nitrogens with zero attached hydrogens (tertiary/aromatic N) is 1. The first kappa shape index (κ1) is 16.9. The van der Waals surface area contributed by atoms with Crippen LogP contribution in [0.4, 0.5) is 4.39 Å². The molecular weight excluding hydrogens is 307 g/mol. The van der Waals surface area contributed by atoms with E-state index in [1.165, 1.54) is 6.07 Å². The molecule has 1 saturated carbocycles. The molecule has 1 aliphatic carbocycles. The Hall–Kier alpha value is -1.91. The fourth-order valence-electron chi connectivity index (χ4n) is 3.62. The van der Waals surface area contributed by atoms with Crippen molar-refractivity contribution in [2.75, 3.05) is 6.54 Å². The number of halogens is 1. The van der Waals surface area contributed by atoms with E-state index >= 15 is 0 Å². The first-order chi connectivity index (χ1) is 11.6. The second kappa shape index (κ2) is 6.91. The van der Waals surface area contributed by atoms with Crippen LogP contribution < -0.4 is 5.32 Å². The fourth-order valence-corrected chi connectivity index (χ4v) is 3.62. The van der Waals surface area contributed by atoms with Gasteiger partial charge in [0, 0.05) is 24.7 Å². The van der Waals surface area contributed by atoms with Gasteiger partial charge in [-0.25, -0.2) is 4.39 Å². The number of carbonyl (C=O) groups is 2. The van der Waals surface area contributed by atoms with Gasteiger partial charge in [0.2, 0.25) is 11.8 Å². The molecule has 130 valence electrons. The highest BCUT2D eigenvalue weighted by Crippen LogP contribution is 2.48. The monoisotopic (exact) mass is 332 g/mol. The van der Waals surface area contributed by atoms with Crippen molar-refractivity contribution in [1.82, 2.24) is 10.2 Å². The van der Waals surface area contributed by atoms with Crippen LogP contribution in [0.15, 0.2) is 24.3 Å². The molecule has 1 aromatic carbocycles. The lowest BCUT2D eigenvalue weighted by atomic mass is 9.95. The van der Waals surface area contributed by atoms with Gasteiger partial charge in [0.05, 0.1) is 0 Å². The van der Waals surface area contributed by atoms with E-state index in [2.05, 4.69) is 12.2 Å². The molecule has 1 heterocycles. The summed E-state index contributed by atoms with van der Waals surface area (Å²) in [6.07, 6.45) is 5.31. The van der Waals surface area contributed by atoms with Crippen molar-refractivity contribution in [2.45, 2.75) is 58.0 Å². The molecule has 0 aromatic heterocycles. The van der Waals surface area contributed by atoms with Crippen molar-refractivity contribution < 1.29 is 14.0 Å². The number of hydrogen-bond acceptors (Lipinski definition) is 2. The minimum absolute atomic E-state index is 0.0277. The molecular formula is C19H25FN2O2. The smallest absolute Gasteiger partial charge is 0.238 e. The van der Waals surface area contributed by atoms with Gasteiger partial charge in [0.1, 0.15) is 11.2 Å². The summed E-state index contributed by atoms with van der Waals surface area (Å²) in [5.74, 6) is -0.618. The number of carbonyl (C=O) groups excluding carboxylic acids is 2. The molecule has 1 unspecified atom stereocenters. The third-order valence-electron chi connectivity index (χ3n) is 5.35. The lowest BCUT2D eigenvalue weighted by Gasteiger charge is -2.37. The predicted octanol–water partition coefficient (Wildman–Crippen LogP) is 3.01. The summed E-state index contributed by atoms with van der Waals surface area (Å²) in [7, 11) is 0. The maximum Gasteiger partial charge on any atom is 0.238 e. The van der Waals surface area contributed by atoms with E-state index in [0.717, 1.165) is 32.2 Å². The normalized spacial score (nSPS) is 22.1. The van der Waals surface area contributed by atoms with Crippen LogP contribution in [-0.4, -0.2) is 29.3 Å². The van der Waals surface area contributed by atoms with E-state index in [4.69, 9.17) is 0 Å². The summed E-state index contributed by atoms with van der Waals surface area (Å²) in [6, 6.07) is 6.63. The van der Waals surface area contributed by atoms with Gasteiger partial charge in [-0.05, 0) is 44.6 Å². The second-order valence-corrected chi connectivity index (χ2v) is 6.91. The molecule has 3 rings (SSSR count). The third kappa shape index (κ3) is 3.17. The molecule has 2 amide bonds. The van der Waals surface area contributed by atoms with Crippen LogP contribution >= 0.6 is 0 Å². The van der Waals surface area contributed by atoms with E-state index in [1.54, 1.807) is 18.2 Å². The van der Waals surface area contributed by atoms with Gasteiger partial charge in [-0.3, -0.25) is 9.59 Å². The van der Waals surface area contributed by atoms with Gasteiger partial charge in [-0.15, -0.1) is 0 Å². The molecule has 0 bridgehead atoms. The molecule has 1 aromatic rings. The fraction of sp³-hybridized carbons (Fsp3) is 0.579. The number of hydrogen-bond donors (Lipinski definition) is 1. The Morgan fingerprint density at radius 3 is 2.71 bits per heavy atom. The summed E-state index contributed by atoms with van der Waals surface area (Å²) >= 11 is 0. The summed E-state index contributed by atoms with van der Waals surface area (Å²) in [5.41, 5.74) is -0.464. The SMILES string of the molecule is CCC1CCCCN1C(=O)C1(C(=O)NCc2ccccc2F)CC1. The third-order valence-corrected chi connectivity index (χ3v) is 5.35. The Labute approximate surface area is 142 Å². The Bertz CT molecular complexity index is 628. The number of rotatable bonds is 5. The molecule has 2 fully saturated rings. The van der Waals surface area contributed by atoms with Crippen LogP contribution in [0.2, 0.25) is 0 Å². The Balaban J connectivity index is 1.65. The molecule has 0 spiro atoms. The zero-order valence-electron chi connectivity index (χ0n) is 14.2. The first-order valence-electron chi connectivity index (χ1n) is 8.91. The Morgan fingerprint density at radius 2 is 2.04 bits per heavy atom. The van der Waals surface area contributed by atoms with E-state index in [1.807, 2.05) is 4.90 Å². The lowest BCUT2D eigenvalue weighted by molar-refractivity contribution is -0.147. The maximum atomic E-state index is 13.7. The van der Waals surface area contributed by atoms with Crippen LogP contribution in [0.3, 0.4) is 0 Å². The van der Waals surface area contributed by atoms with Crippen molar-refractivity contribution in [3.05, 3.63) is 35.6 Å². The molecule has 1 saturated heterocycles. The van der Waals surface area contributed by atoms with Crippen molar-refractivity contribution in [1.29, 1.82) is 0 Å². The number of amides is 2. The highest BCUT2D eigenvalue weighted by Gasteiger charge is 2.58. The molecule has 0 radical (unpaired) electrons. The van der Waals surface area contributed by atoms with Gasteiger partial charge in [0.15, 0.2) is 0 Å². The molecule has 5 heteroatoms. The zero-order valence-corrected chi connectivity index (χ0v) is 14.2. The standard InChI is InChI=1S/C19H25FN2O2/c1-2-15-8-5-6-12-22(15)18(24)19(10-11-19)17(23)21-13-14-7-3-4-9-16(14)20/h3-4,7,9,15H,2,5-6,8,10-13H2,1H3,(H,21,23). The zero-order chi connectivity index (χ0) is 17.2. The van der Waals surface area contributed by atoms with Gasteiger partial charge >= 0.3 is 0 Å². The molecule has 1 atom stereocenters. The number of piperidine rings is 1. The lowest BCUT2D eigenvalue weighted by Crippen LogP contribution is -2.50. The van der Waals surface area contributed by atoms with Gasteiger partial charge in [-0.1, -0.05) is 25.1 Å². The molecule has 24 heavy (non-hydrogen) atoms. The average Bonchev–Trinajstić information content (AvgIpc) is 3.42.